The monoisotopic (exact) mass is 393 g/mol. The SMILES string of the molecule is Cc1nc(NCC(=O)N2CC(NC3CC3)C2)c2cc(-c3ccccc3)sc2n1. The molecule has 0 spiro atoms. The number of benzene rings is 1. The van der Waals surface area contributed by atoms with Gasteiger partial charge >= 0.3 is 0 Å². The number of aryl methyl sites for hydroxylation is 1. The van der Waals surface area contributed by atoms with Crippen LogP contribution in [0.5, 0.6) is 0 Å². The zero-order valence-corrected chi connectivity index (χ0v) is 16.6. The molecule has 28 heavy (non-hydrogen) atoms. The summed E-state index contributed by atoms with van der Waals surface area (Å²) in [5.41, 5.74) is 1.17. The molecule has 2 aliphatic rings. The fraction of sp³-hybridized carbons (Fsp3) is 0.381. The molecule has 1 aromatic carbocycles. The van der Waals surface area contributed by atoms with Crippen molar-refractivity contribution in [2.24, 2.45) is 0 Å². The van der Waals surface area contributed by atoms with Crippen molar-refractivity contribution in [2.75, 3.05) is 25.0 Å². The third-order valence-corrected chi connectivity index (χ3v) is 6.33. The van der Waals surface area contributed by atoms with Crippen molar-refractivity contribution in [1.82, 2.24) is 20.2 Å². The number of nitrogens with zero attached hydrogens (tertiary/aromatic N) is 3. The topological polar surface area (TPSA) is 70.2 Å². The Labute approximate surface area is 168 Å². The van der Waals surface area contributed by atoms with Crippen molar-refractivity contribution in [2.45, 2.75) is 31.8 Å². The van der Waals surface area contributed by atoms with Crippen molar-refractivity contribution < 1.29 is 4.79 Å². The second-order valence-corrected chi connectivity index (χ2v) is 8.64. The molecule has 0 unspecified atom stereocenters. The van der Waals surface area contributed by atoms with Crippen LogP contribution < -0.4 is 10.6 Å². The van der Waals surface area contributed by atoms with Crippen molar-refractivity contribution in [3.63, 3.8) is 0 Å². The summed E-state index contributed by atoms with van der Waals surface area (Å²) in [6, 6.07) is 13.5. The average Bonchev–Trinajstić information content (AvgIpc) is 3.39. The molecule has 3 aromatic rings. The molecule has 1 amide bonds. The van der Waals surface area contributed by atoms with E-state index in [-0.39, 0.29) is 12.5 Å². The molecule has 6 nitrogen and oxygen atoms in total. The number of aromatic nitrogens is 2. The Bertz CT molecular complexity index is 1010. The Hall–Kier alpha value is -2.51. The van der Waals surface area contributed by atoms with Gasteiger partial charge in [-0.3, -0.25) is 4.79 Å². The minimum Gasteiger partial charge on any atom is -0.360 e. The lowest BCUT2D eigenvalue weighted by molar-refractivity contribution is -0.134. The summed E-state index contributed by atoms with van der Waals surface area (Å²) in [5, 5.41) is 7.79. The van der Waals surface area contributed by atoms with Gasteiger partial charge in [0.15, 0.2) is 0 Å². The van der Waals surface area contributed by atoms with E-state index in [9.17, 15) is 4.79 Å². The standard InChI is InChI=1S/C21H23N5OS/c1-13-23-20(22-10-19(27)26-11-16(12-26)25-15-7-8-15)17-9-18(28-21(17)24-13)14-5-3-2-4-6-14/h2-6,9,15-16,25H,7-8,10-12H2,1H3,(H,22,23,24). The molecular formula is C21H23N5OS. The number of hydrogen-bond acceptors (Lipinski definition) is 6. The highest BCUT2D eigenvalue weighted by Crippen LogP contribution is 2.35. The molecule has 2 aromatic heterocycles. The normalized spacial score (nSPS) is 17.0. The predicted molar refractivity (Wildman–Crippen MR) is 113 cm³/mol. The van der Waals surface area contributed by atoms with E-state index in [0.29, 0.717) is 17.9 Å². The van der Waals surface area contributed by atoms with E-state index in [4.69, 9.17) is 0 Å². The third kappa shape index (κ3) is 3.59. The average molecular weight is 394 g/mol. The van der Waals surface area contributed by atoms with Gasteiger partial charge in [0.05, 0.1) is 11.9 Å². The number of carbonyl (C=O) groups excluding carboxylic acids is 1. The molecule has 0 bridgehead atoms. The lowest BCUT2D eigenvalue weighted by atomic mass is 10.1. The summed E-state index contributed by atoms with van der Waals surface area (Å²) in [7, 11) is 0. The van der Waals surface area contributed by atoms with Gasteiger partial charge in [-0.15, -0.1) is 11.3 Å². The largest absolute Gasteiger partial charge is 0.360 e. The number of rotatable bonds is 6. The Morgan fingerprint density at radius 1 is 1.18 bits per heavy atom. The van der Waals surface area contributed by atoms with Crippen LogP contribution in [0.1, 0.15) is 18.7 Å². The summed E-state index contributed by atoms with van der Waals surface area (Å²) in [5.74, 6) is 1.57. The maximum Gasteiger partial charge on any atom is 0.242 e. The highest BCUT2D eigenvalue weighted by molar-refractivity contribution is 7.21. The minimum absolute atomic E-state index is 0.122. The molecule has 1 aliphatic heterocycles. The molecule has 0 radical (unpaired) electrons. The number of carbonyl (C=O) groups is 1. The summed E-state index contributed by atoms with van der Waals surface area (Å²) in [6.07, 6.45) is 2.56. The predicted octanol–water partition coefficient (Wildman–Crippen LogP) is 3.04. The molecule has 1 saturated heterocycles. The van der Waals surface area contributed by atoms with Crippen LogP contribution in [-0.2, 0) is 4.79 Å². The first-order valence-electron chi connectivity index (χ1n) is 9.77. The van der Waals surface area contributed by atoms with E-state index in [0.717, 1.165) is 34.0 Å². The van der Waals surface area contributed by atoms with Gasteiger partial charge in [0, 0.05) is 30.1 Å². The van der Waals surface area contributed by atoms with E-state index < -0.39 is 0 Å². The molecule has 1 saturated carbocycles. The summed E-state index contributed by atoms with van der Waals surface area (Å²) >= 11 is 1.65. The van der Waals surface area contributed by atoms with Crippen LogP contribution in [0.4, 0.5) is 5.82 Å². The van der Waals surface area contributed by atoms with E-state index in [1.807, 2.05) is 30.0 Å². The van der Waals surface area contributed by atoms with Crippen LogP contribution in [-0.4, -0.2) is 52.5 Å². The van der Waals surface area contributed by atoms with E-state index in [2.05, 4.69) is 38.8 Å². The van der Waals surface area contributed by atoms with Crippen molar-refractivity contribution in [1.29, 1.82) is 0 Å². The smallest absolute Gasteiger partial charge is 0.242 e. The Morgan fingerprint density at radius 2 is 1.96 bits per heavy atom. The number of fused-ring (bicyclic) bond motifs is 1. The van der Waals surface area contributed by atoms with Gasteiger partial charge in [0.2, 0.25) is 5.91 Å². The molecule has 2 fully saturated rings. The van der Waals surface area contributed by atoms with E-state index >= 15 is 0 Å². The van der Waals surface area contributed by atoms with Crippen LogP contribution in [0.15, 0.2) is 36.4 Å². The van der Waals surface area contributed by atoms with Crippen molar-refractivity contribution in [3.05, 3.63) is 42.2 Å². The second kappa shape index (κ2) is 7.14. The van der Waals surface area contributed by atoms with E-state index in [1.165, 1.54) is 18.4 Å². The third-order valence-electron chi connectivity index (χ3n) is 5.25. The van der Waals surface area contributed by atoms with Crippen LogP contribution in [0.3, 0.4) is 0 Å². The number of amides is 1. The molecule has 2 N–H and O–H groups in total. The Morgan fingerprint density at radius 3 is 2.71 bits per heavy atom. The first-order valence-corrected chi connectivity index (χ1v) is 10.6. The zero-order valence-electron chi connectivity index (χ0n) is 15.8. The maximum absolute atomic E-state index is 12.5. The van der Waals surface area contributed by atoms with Gasteiger partial charge in [-0.2, -0.15) is 0 Å². The number of hydrogen-bond donors (Lipinski definition) is 2. The summed E-state index contributed by atoms with van der Waals surface area (Å²) in [6.45, 7) is 3.77. The van der Waals surface area contributed by atoms with Gasteiger partial charge in [-0.1, -0.05) is 30.3 Å². The van der Waals surface area contributed by atoms with Crippen LogP contribution in [0.2, 0.25) is 0 Å². The number of nitrogens with one attached hydrogen (secondary N) is 2. The quantitative estimate of drug-likeness (QED) is 0.674. The van der Waals surface area contributed by atoms with Gasteiger partial charge in [-0.05, 0) is 31.4 Å². The molecular weight excluding hydrogens is 370 g/mol. The van der Waals surface area contributed by atoms with Crippen LogP contribution >= 0.6 is 11.3 Å². The molecule has 0 atom stereocenters. The molecule has 1 aliphatic carbocycles. The van der Waals surface area contributed by atoms with Crippen molar-refractivity contribution >= 4 is 33.3 Å². The summed E-state index contributed by atoms with van der Waals surface area (Å²) in [4.78, 5) is 25.6. The Kier molecular flexibility index (Phi) is 4.49. The maximum atomic E-state index is 12.5. The van der Waals surface area contributed by atoms with Gasteiger partial charge in [0.25, 0.3) is 0 Å². The summed E-state index contributed by atoms with van der Waals surface area (Å²) < 4.78 is 0. The lowest BCUT2D eigenvalue weighted by Gasteiger charge is -2.40. The van der Waals surface area contributed by atoms with Crippen LogP contribution in [0.25, 0.3) is 20.7 Å². The second-order valence-electron chi connectivity index (χ2n) is 7.61. The Balaban J connectivity index is 1.28. The fourth-order valence-corrected chi connectivity index (χ4v) is 4.63. The number of thiophene rings is 1. The van der Waals surface area contributed by atoms with E-state index in [1.54, 1.807) is 11.3 Å². The molecule has 3 heterocycles. The van der Waals surface area contributed by atoms with Crippen molar-refractivity contribution in [3.8, 4) is 10.4 Å². The highest BCUT2D eigenvalue weighted by Gasteiger charge is 2.34. The molecule has 144 valence electrons. The number of likely N-dealkylation sites (tertiary alicyclic amines) is 1. The molecule has 5 rings (SSSR count). The minimum atomic E-state index is 0.122. The zero-order chi connectivity index (χ0) is 19.1. The van der Waals surface area contributed by atoms with Gasteiger partial charge < -0.3 is 15.5 Å². The highest BCUT2D eigenvalue weighted by atomic mass is 32.1. The molecule has 7 heteroatoms. The fourth-order valence-electron chi connectivity index (χ4n) is 3.55. The van der Waals surface area contributed by atoms with Gasteiger partial charge in [0.1, 0.15) is 16.5 Å². The van der Waals surface area contributed by atoms with Crippen LogP contribution in [0, 0.1) is 6.92 Å². The lowest BCUT2D eigenvalue weighted by Crippen LogP contribution is -2.61. The number of anilines is 1. The van der Waals surface area contributed by atoms with Gasteiger partial charge in [-0.25, -0.2) is 9.97 Å². The first-order chi connectivity index (χ1) is 13.7. The first kappa shape index (κ1) is 17.6.